The fraction of sp³-hybridized carbons (Fsp3) is 0. The molecule has 0 saturated heterocycles. The average Bonchev–Trinajstić information content (AvgIpc) is 2.42. The van der Waals surface area contributed by atoms with Gasteiger partial charge in [-0.3, -0.25) is 0 Å². The molecule has 0 spiro atoms. The predicted molar refractivity (Wildman–Crippen MR) is 81.3 cm³/mol. The van der Waals surface area contributed by atoms with E-state index in [1.807, 2.05) is 24.3 Å². The maximum atomic E-state index is 13.8. The van der Waals surface area contributed by atoms with Crippen LogP contribution in [0.5, 0.6) is 0 Å². The van der Waals surface area contributed by atoms with Crippen molar-refractivity contribution in [2.45, 2.75) is 0 Å². The molecule has 0 aliphatic rings. The second-order valence-electron chi connectivity index (χ2n) is 4.20. The Morgan fingerprint density at radius 2 is 1.75 bits per heavy atom. The Morgan fingerprint density at radius 1 is 1.05 bits per heavy atom. The van der Waals surface area contributed by atoms with E-state index in [-0.39, 0.29) is 5.82 Å². The van der Waals surface area contributed by atoms with Crippen molar-refractivity contribution in [1.82, 2.24) is 9.97 Å². The van der Waals surface area contributed by atoms with E-state index >= 15 is 0 Å². The lowest BCUT2D eigenvalue weighted by Gasteiger charge is -2.10. The molecule has 2 aromatic carbocycles. The molecular formula is C14H10BrFN4. The number of para-hydroxylation sites is 2. The lowest BCUT2D eigenvalue weighted by Crippen LogP contribution is -2.03. The summed E-state index contributed by atoms with van der Waals surface area (Å²) in [5.41, 5.74) is 7.54. The topological polar surface area (TPSA) is 63.8 Å². The summed E-state index contributed by atoms with van der Waals surface area (Å²) in [6.07, 6.45) is 0. The summed E-state index contributed by atoms with van der Waals surface area (Å²) >= 11 is 3.21. The molecule has 0 saturated carbocycles. The summed E-state index contributed by atoms with van der Waals surface area (Å²) in [6, 6.07) is 12.1. The van der Waals surface area contributed by atoms with Gasteiger partial charge in [-0.2, -0.15) is 0 Å². The van der Waals surface area contributed by atoms with E-state index in [9.17, 15) is 4.39 Å². The van der Waals surface area contributed by atoms with E-state index in [1.54, 1.807) is 12.1 Å². The number of nitrogens with zero attached hydrogens (tertiary/aromatic N) is 2. The SMILES string of the molecule is Nc1nc2ccccc2nc1Nc1ccc(Br)cc1F. The Bertz CT molecular complexity index is 791. The Hall–Kier alpha value is -2.21. The molecule has 0 fully saturated rings. The normalized spacial score (nSPS) is 10.7. The molecule has 0 aliphatic carbocycles. The molecule has 0 aliphatic heterocycles. The molecule has 4 nitrogen and oxygen atoms in total. The molecule has 0 atom stereocenters. The van der Waals surface area contributed by atoms with Crippen LogP contribution in [0.2, 0.25) is 0 Å². The van der Waals surface area contributed by atoms with Gasteiger partial charge in [-0.05, 0) is 30.3 Å². The van der Waals surface area contributed by atoms with Gasteiger partial charge in [-0.25, -0.2) is 14.4 Å². The molecule has 3 N–H and O–H groups in total. The number of halogens is 2. The minimum absolute atomic E-state index is 0.228. The fourth-order valence-corrected chi connectivity index (χ4v) is 2.16. The molecule has 1 heterocycles. The Balaban J connectivity index is 2.03. The van der Waals surface area contributed by atoms with E-state index in [4.69, 9.17) is 5.73 Å². The molecule has 6 heteroatoms. The number of benzene rings is 2. The molecule has 0 radical (unpaired) electrons. The predicted octanol–water partition coefficient (Wildman–Crippen LogP) is 3.86. The third-order valence-electron chi connectivity index (χ3n) is 2.78. The standard InChI is InChI=1S/C14H10BrFN4/c15-8-5-6-10(9(16)7-8)19-14-13(17)18-11-3-1-2-4-12(11)20-14/h1-7H,(H2,17,18)(H,19,20). The smallest absolute Gasteiger partial charge is 0.174 e. The van der Waals surface area contributed by atoms with Gasteiger partial charge in [0, 0.05) is 4.47 Å². The quantitative estimate of drug-likeness (QED) is 0.748. The molecule has 3 rings (SSSR count). The summed E-state index contributed by atoms with van der Waals surface area (Å²) in [7, 11) is 0. The van der Waals surface area contributed by atoms with Crippen LogP contribution >= 0.6 is 15.9 Å². The molecule has 1 aromatic heterocycles. The van der Waals surface area contributed by atoms with Crippen molar-refractivity contribution >= 4 is 44.3 Å². The van der Waals surface area contributed by atoms with Crippen molar-refractivity contribution in [1.29, 1.82) is 0 Å². The van der Waals surface area contributed by atoms with Crippen molar-refractivity contribution in [2.75, 3.05) is 11.1 Å². The highest BCUT2D eigenvalue weighted by atomic mass is 79.9. The van der Waals surface area contributed by atoms with Crippen molar-refractivity contribution in [2.24, 2.45) is 0 Å². The number of fused-ring (bicyclic) bond motifs is 1. The van der Waals surface area contributed by atoms with E-state index in [0.717, 1.165) is 0 Å². The summed E-state index contributed by atoms with van der Waals surface area (Å²) in [6.45, 7) is 0. The molecule has 3 aromatic rings. The molecule has 20 heavy (non-hydrogen) atoms. The first-order valence-corrected chi connectivity index (χ1v) is 6.67. The monoisotopic (exact) mass is 332 g/mol. The summed E-state index contributed by atoms with van der Waals surface area (Å²) in [5, 5.41) is 2.87. The Morgan fingerprint density at radius 3 is 2.45 bits per heavy atom. The van der Waals surface area contributed by atoms with Crippen LogP contribution in [0.1, 0.15) is 0 Å². The maximum absolute atomic E-state index is 13.8. The molecule has 100 valence electrons. The Labute approximate surface area is 123 Å². The zero-order chi connectivity index (χ0) is 14.1. The highest BCUT2D eigenvalue weighted by Crippen LogP contribution is 2.25. The lowest BCUT2D eigenvalue weighted by atomic mass is 10.3. The van der Waals surface area contributed by atoms with Gasteiger partial charge in [0.05, 0.1) is 16.7 Å². The van der Waals surface area contributed by atoms with Gasteiger partial charge in [0.2, 0.25) is 0 Å². The number of anilines is 3. The highest BCUT2D eigenvalue weighted by Gasteiger charge is 2.09. The average molecular weight is 333 g/mol. The second-order valence-corrected chi connectivity index (χ2v) is 5.11. The van der Waals surface area contributed by atoms with E-state index < -0.39 is 5.82 Å². The molecule has 0 amide bonds. The number of nitrogens with two attached hydrogens (primary N) is 1. The van der Waals surface area contributed by atoms with Crippen molar-refractivity contribution in [3.8, 4) is 0 Å². The lowest BCUT2D eigenvalue weighted by molar-refractivity contribution is 0.631. The number of hydrogen-bond acceptors (Lipinski definition) is 4. The van der Waals surface area contributed by atoms with Crippen LogP contribution in [0.4, 0.5) is 21.7 Å². The van der Waals surface area contributed by atoms with Crippen LogP contribution in [-0.4, -0.2) is 9.97 Å². The first-order chi connectivity index (χ1) is 9.63. The zero-order valence-electron chi connectivity index (χ0n) is 10.3. The van der Waals surface area contributed by atoms with Gasteiger partial charge < -0.3 is 11.1 Å². The van der Waals surface area contributed by atoms with Crippen LogP contribution in [-0.2, 0) is 0 Å². The zero-order valence-corrected chi connectivity index (χ0v) is 11.9. The summed E-state index contributed by atoms with van der Waals surface area (Å²) in [4.78, 5) is 8.60. The summed E-state index contributed by atoms with van der Waals surface area (Å²) < 4.78 is 14.5. The maximum Gasteiger partial charge on any atom is 0.174 e. The number of nitrogen functional groups attached to an aromatic ring is 1. The largest absolute Gasteiger partial charge is 0.381 e. The number of rotatable bonds is 2. The summed E-state index contributed by atoms with van der Waals surface area (Å²) in [5.74, 6) is 0.171. The second kappa shape index (κ2) is 5.05. The first kappa shape index (κ1) is 12.8. The van der Waals surface area contributed by atoms with Gasteiger partial charge in [-0.1, -0.05) is 28.1 Å². The minimum atomic E-state index is -0.395. The fourth-order valence-electron chi connectivity index (χ4n) is 1.82. The van der Waals surface area contributed by atoms with Crippen molar-refractivity contribution in [3.05, 3.63) is 52.8 Å². The van der Waals surface area contributed by atoms with E-state index in [1.165, 1.54) is 6.07 Å². The molecule has 0 unspecified atom stereocenters. The van der Waals surface area contributed by atoms with Gasteiger partial charge in [0.25, 0.3) is 0 Å². The van der Waals surface area contributed by atoms with E-state index in [2.05, 4.69) is 31.2 Å². The third kappa shape index (κ3) is 2.42. The van der Waals surface area contributed by atoms with E-state index in [0.29, 0.717) is 27.0 Å². The van der Waals surface area contributed by atoms with Gasteiger partial charge >= 0.3 is 0 Å². The number of nitrogens with one attached hydrogen (secondary N) is 1. The third-order valence-corrected chi connectivity index (χ3v) is 3.27. The van der Waals surface area contributed by atoms with Crippen LogP contribution in [0, 0.1) is 5.82 Å². The Kier molecular flexibility index (Phi) is 3.23. The van der Waals surface area contributed by atoms with Crippen molar-refractivity contribution in [3.63, 3.8) is 0 Å². The minimum Gasteiger partial charge on any atom is -0.381 e. The first-order valence-electron chi connectivity index (χ1n) is 5.88. The van der Waals surface area contributed by atoms with Gasteiger partial charge in [-0.15, -0.1) is 0 Å². The molecular weight excluding hydrogens is 323 g/mol. The number of aromatic nitrogens is 2. The molecule has 0 bridgehead atoms. The highest BCUT2D eigenvalue weighted by molar-refractivity contribution is 9.10. The number of hydrogen-bond donors (Lipinski definition) is 2. The van der Waals surface area contributed by atoms with Gasteiger partial charge in [0.1, 0.15) is 5.82 Å². The van der Waals surface area contributed by atoms with Crippen molar-refractivity contribution < 1.29 is 4.39 Å². The van der Waals surface area contributed by atoms with Crippen LogP contribution < -0.4 is 11.1 Å². The van der Waals surface area contributed by atoms with Crippen LogP contribution in [0.25, 0.3) is 11.0 Å². The van der Waals surface area contributed by atoms with Crippen LogP contribution in [0.15, 0.2) is 46.9 Å². The van der Waals surface area contributed by atoms with Crippen LogP contribution in [0.3, 0.4) is 0 Å². The van der Waals surface area contributed by atoms with Gasteiger partial charge in [0.15, 0.2) is 11.6 Å².